The van der Waals surface area contributed by atoms with E-state index < -0.39 is 0 Å². The summed E-state index contributed by atoms with van der Waals surface area (Å²) in [4.78, 5) is 0. The van der Waals surface area contributed by atoms with Crippen molar-refractivity contribution < 1.29 is 9.84 Å². The maximum Gasteiger partial charge on any atom is 0.121 e. The Bertz CT molecular complexity index is 975. The fraction of sp³-hybridized carbons (Fsp3) is 0.259. The van der Waals surface area contributed by atoms with Gasteiger partial charge >= 0.3 is 0 Å². The van der Waals surface area contributed by atoms with Crippen LogP contribution in [0.5, 0.6) is 11.5 Å². The van der Waals surface area contributed by atoms with Gasteiger partial charge < -0.3 is 9.84 Å². The molecule has 0 bridgehead atoms. The van der Waals surface area contributed by atoms with Gasteiger partial charge in [-0.3, -0.25) is 0 Å². The van der Waals surface area contributed by atoms with E-state index in [0.29, 0.717) is 5.75 Å². The Kier molecular flexibility index (Phi) is 6.43. The minimum Gasteiger partial charge on any atom is -0.508 e. The van der Waals surface area contributed by atoms with Gasteiger partial charge in [0.1, 0.15) is 11.5 Å². The molecule has 0 saturated heterocycles. The highest BCUT2D eigenvalue weighted by Gasteiger charge is 2.34. The van der Waals surface area contributed by atoms with Crippen molar-refractivity contribution in [1.29, 1.82) is 0 Å². The Balaban J connectivity index is 2.23. The molecule has 0 fully saturated rings. The Morgan fingerprint density at radius 2 is 1.72 bits per heavy atom. The minimum absolute atomic E-state index is 0.257. The van der Waals surface area contributed by atoms with E-state index >= 15 is 0 Å². The van der Waals surface area contributed by atoms with E-state index in [1.54, 1.807) is 7.11 Å². The summed E-state index contributed by atoms with van der Waals surface area (Å²) in [7, 11) is 1.70. The number of benzene rings is 3. The molecule has 3 rings (SSSR count). The summed E-state index contributed by atoms with van der Waals surface area (Å²) in [6.45, 7) is 8.16. The molecule has 0 amide bonds. The minimum atomic E-state index is -0.257. The number of phenols is 1. The van der Waals surface area contributed by atoms with Gasteiger partial charge in [-0.2, -0.15) is 0 Å². The lowest BCUT2D eigenvalue weighted by Crippen LogP contribution is -2.30. The molecule has 1 atom stereocenters. The number of phenolic OH excluding ortho intramolecular Hbond substituents is 1. The van der Waals surface area contributed by atoms with Gasteiger partial charge in [0.2, 0.25) is 0 Å². The molecule has 0 aromatic heterocycles. The van der Waals surface area contributed by atoms with E-state index in [0.717, 1.165) is 41.7 Å². The summed E-state index contributed by atoms with van der Waals surface area (Å²) in [6, 6.07) is 23.0. The summed E-state index contributed by atoms with van der Waals surface area (Å²) in [5, 5.41) is 10.5. The van der Waals surface area contributed by atoms with Crippen LogP contribution in [-0.4, -0.2) is 12.2 Å². The Hall–Kier alpha value is -3.00. The molecule has 0 radical (unpaired) electrons. The number of hydrogen-bond donors (Lipinski definition) is 1. The normalized spacial score (nSPS) is 12.9. The van der Waals surface area contributed by atoms with Crippen LogP contribution in [0.2, 0.25) is 0 Å². The topological polar surface area (TPSA) is 29.5 Å². The molecule has 2 nitrogen and oxygen atoms in total. The number of rotatable bonds is 8. The van der Waals surface area contributed by atoms with Crippen molar-refractivity contribution in [2.45, 2.75) is 38.5 Å². The molecule has 0 aliphatic rings. The molecule has 150 valence electrons. The highest BCUT2D eigenvalue weighted by atomic mass is 16.5. The molecule has 0 aliphatic heterocycles. The zero-order valence-corrected chi connectivity index (χ0v) is 17.6. The Labute approximate surface area is 174 Å². The average Bonchev–Trinajstić information content (AvgIpc) is 2.72. The zero-order valence-electron chi connectivity index (χ0n) is 17.6. The second kappa shape index (κ2) is 9.00. The first-order valence-electron chi connectivity index (χ1n) is 10.2. The van der Waals surface area contributed by atoms with Crippen LogP contribution < -0.4 is 4.74 Å². The number of aromatic hydroxyl groups is 1. The molecule has 1 N–H and O–H groups in total. The van der Waals surface area contributed by atoms with Crippen LogP contribution in [0.4, 0.5) is 0 Å². The van der Waals surface area contributed by atoms with E-state index in [4.69, 9.17) is 4.74 Å². The zero-order chi connectivity index (χ0) is 20.9. The van der Waals surface area contributed by atoms with Crippen molar-refractivity contribution >= 4 is 0 Å². The van der Waals surface area contributed by atoms with Crippen LogP contribution in [0.3, 0.4) is 0 Å². The maximum absolute atomic E-state index is 10.5. The maximum atomic E-state index is 10.5. The van der Waals surface area contributed by atoms with Gasteiger partial charge in [-0.1, -0.05) is 61.5 Å². The fourth-order valence-electron chi connectivity index (χ4n) is 4.26. The van der Waals surface area contributed by atoms with E-state index in [1.807, 2.05) is 30.3 Å². The third-order valence-electron chi connectivity index (χ3n) is 5.81. The number of ether oxygens (including phenoxy) is 1. The van der Waals surface area contributed by atoms with E-state index in [2.05, 4.69) is 62.9 Å². The molecule has 3 aromatic carbocycles. The monoisotopic (exact) mass is 386 g/mol. The van der Waals surface area contributed by atoms with Gasteiger partial charge in [-0.15, -0.1) is 6.58 Å². The van der Waals surface area contributed by atoms with Crippen LogP contribution in [0.15, 0.2) is 79.4 Å². The van der Waals surface area contributed by atoms with Crippen molar-refractivity contribution in [2.24, 2.45) is 0 Å². The first-order valence-corrected chi connectivity index (χ1v) is 10.2. The van der Waals surface area contributed by atoms with Gasteiger partial charge in [-0.05, 0) is 72.2 Å². The van der Waals surface area contributed by atoms with Crippen LogP contribution in [0.25, 0.3) is 0 Å². The molecule has 0 unspecified atom stereocenters. The Morgan fingerprint density at radius 1 is 0.966 bits per heavy atom. The lowest BCUT2D eigenvalue weighted by atomic mass is 9.68. The summed E-state index contributed by atoms with van der Waals surface area (Å²) in [6.07, 6.45) is 4.37. The summed E-state index contributed by atoms with van der Waals surface area (Å²) < 4.78 is 5.49. The molecule has 0 heterocycles. The number of aryl methyl sites for hydroxylation is 1. The standard InChI is InChI=1S/C27H30O2/c1-5-10-22-16-24(18-25(28)17-22)27(6-2,19-21-11-8-7-9-12-21)23-13-14-26(29-4)20(3)15-23/h5,7-9,11-18,28H,1,6,10,19H2,2-4H3/t27-/m0/s1. The second-order valence-electron chi connectivity index (χ2n) is 7.66. The van der Waals surface area contributed by atoms with Crippen molar-refractivity contribution in [3.63, 3.8) is 0 Å². The van der Waals surface area contributed by atoms with E-state index in [1.165, 1.54) is 11.1 Å². The predicted molar refractivity (Wildman–Crippen MR) is 121 cm³/mol. The van der Waals surface area contributed by atoms with Crippen molar-refractivity contribution in [3.05, 3.63) is 107 Å². The SMILES string of the molecule is C=CCc1cc(O)cc([C@@](CC)(Cc2ccccc2)c2ccc(OC)c(C)c2)c1. The van der Waals surface area contributed by atoms with Gasteiger partial charge in [0.15, 0.2) is 0 Å². The Morgan fingerprint density at radius 3 is 2.34 bits per heavy atom. The van der Waals surface area contributed by atoms with Gasteiger partial charge in [0.05, 0.1) is 7.11 Å². The number of hydrogen-bond acceptors (Lipinski definition) is 2. The number of methoxy groups -OCH3 is 1. The lowest BCUT2D eigenvalue weighted by Gasteiger charge is -2.35. The predicted octanol–water partition coefficient (Wildman–Crippen LogP) is 6.38. The quantitative estimate of drug-likeness (QED) is 0.455. The molecule has 0 aliphatic carbocycles. The number of allylic oxidation sites excluding steroid dienone is 1. The van der Waals surface area contributed by atoms with E-state index in [9.17, 15) is 5.11 Å². The van der Waals surface area contributed by atoms with Crippen LogP contribution >= 0.6 is 0 Å². The molecular weight excluding hydrogens is 356 g/mol. The van der Waals surface area contributed by atoms with Crippen LogP contribution in [0.1, 0.15) is 41.2 Å². The van der Waals surface area contributed by atoms with Crippen LogP contribution in [0, 0.1) is 6.92 Å². The summed E-state index contributed by atoms with van der Waals surface area (Å²) in [5.41, 5.74) is 5.57. The van der Waals surface area contributed by atoms with Gasteiger partial charge in [0.25, 0.3) is 0 Å². The molecule has 2 heteroatoms. The average molecular weight is 387 g/mol. The fourth-order valence-corrected chi connectivity index (χ4v) is 4.26. The smallest absolute Gasteiger partial charge is 0.121 e. The molecular formula is C27H30O2. The van der Waals surface area contributed by atoms with Gasteiger partial charge in [0, 0.05) is 5.41 Å². The largest absolute Gasteiger partial charge is 0.508 e. The van der Waals surface area contributed by atoms with E-state index in [-0.39, 0.29) is 5.41 Å². The molecule has 29 heavy (non-hydrogen) atoms. The molecule has 0 spiro atoms. The van der Waals surface area contributed by atoms with Crippen molar-refractivity contribution in [1.82, 2.24) is 0 Å². The highest BCUT2D eigenvalue weighted by molar-refractivity contribution is 5.49. The van der Waals surface area contributed by atoms with Crippen molar-refractivity contribution in [2.75, 3.05) is 7.11 Å². The second-order valence-corrected chi connectivity index (χ2v) is 7.66. The summed E-state index contributed by atoms with van der Waals surface area (Å²) >= 11 is 0. The first kappa shape index (κ1) is 20.7. The van der Waals surface area contributed by atoms with Gasteiger partial charge in [-0.25, -0.2) is 0 Å². The van der Waals surface area contributed by atoms with Crippen molar-refractivity contribution in [3.8, 4) is 11.5 Å². The third-order valence-corrected chi connectivity index (χ3v) is 5.81. The third kappa shape index (κ3) is 4.37. The summed E-state index contributed by atoms with van der Waals surface area (Å²) in [5.74, 6) is 1.19. The molecule has 3 aromatic rings. The molecule has 0 saturated carbocycles. The van der Waals surface area contributed by atoms with Crippen LogP contribution in [-0.2, 0) is 18.3 Å². The first-order chi connectivity index (χ1) is 14.0. The lowest BCUT2D eigenvalue weighted by molar-refractivity contribution is 0.410. The highest BCUT2D eigenvalue weighted by Crippen LogP contribution is 2.42.